The van der Waals surface area contributed by atoms with Crippen LogP contribution in [0.5, 0.6) is 0 Å². The Labute approximate surface area is 105 Å². The highest BCUT2D eigenvalue weighted by molar-refractivity contribution is 5.79. The molecule has 0 aromatic rings. The monoisotopic (exact) mass is 241 g/mol. The smallest absolute Gasteiger partial charge is 0.225 e. The van der Waals surface area contributed by atoms with Crippen LogP contribution in [-0.2, 0) is 4.79 Å². The van der Waals surface area contributed by atoms with Crippen molar-refractivity contribution in [2.75, 3.05) is 26.2 Å². The van der Waals surface area contributed by atoms with E-state index in [-0.39, 0.29) is 5.92 Å². The third kappa shape index (κ3) is 4.28. The van der Waals surface area contributed by atoms with Crippen LogP contribution in [0.4, 0.5) is 0 Å². The highest BCUT2D eigenvalue weighted by Gasteiger charge is 2.27. The van der Waals surface area contributed by atoms with Gasteiger partial charge in [0, 0.05) is 31.6 Å². The van der Waals surface area contributed by atoms with Crippen LogP contribution in [0.15, 0.2) is 0 Å². The van der Waals surface area contributed by atoms with Crippen LogP contribution in [0.1, 0.15) is 39.5 Å². The van der Waals surface area contributed by atoms with Gasteiger partial charge in [-0.3, -0.25) is 4.79 Å². The fraction of sp³-hybridized carbons (Fsp3) is 0.923. The SMILES string of the molecule is CC[C@H](CCCCN)C(=O)N1CCNC[C@H]1C. The van der Waals surface area contributed by atoms with Gasteiger partial charge in [-0.1, -0.05) is 13.3 Å². The molecule has 0 aromatic carbocycles. The highest BCUT2D eigenvalue weighted by atomic mass is 16.2. The van der Waals surface area contributed by atoms with Crippen LogP contribution in [0.2, 0.25) is 0 Å². The molecule has 1 rings (SSSR count). The van der Waals surface area contributed by atoms with Gasteiger partial charge in [0.1, 0.15) is 0 Å². The zero-order valence-electron chi connectivity index (χ0n) is 11.2. The minimum atomic E-state index is 0.196. The summed E-state index contributed by atoms with van der Waals surface area (Å²) < 4.78 is 0. The van der Waals surface area contributed by atoms with Gasteiger partial charge in [0.2, 0.25) is 5.91 Å². The summed E-state index contributed by atoms with van der Waals surface area (Å²) in [6.45, 7) is 7.66. The second-order valence-corrected chi connectivity index (χ2v) is 4.97. The maximum Gasteiger partial charge on any atom is 0.225 e. The molecule has 0 radical (unpaired) electrons. The molecule has 1 saturated heterocycles. The Morgan fingerprint density at radius 1 is 1.53 bits per heavy atom. The average Bonchev–Trinajstić information content (AvgIpc) is 2.35. The summed E-state index contributed by atoms with van der Waals surface area (Å²) in [5.74, 6) is 0.542. The van der Waals surface area contributed by atoms with E-state index in [0.717, 1.165) is 51.9 Å². The second-order valence-electron chi connectivity index (χ2n) is 4.97. The summed E-state index contributed by atoms with van der Waals surface area (Å²) in [6.07, 6.45) is 4.03. The van der Waals surface area contributed by atoms with Crippen molar-refractivity contribution < 1.29 is 4.79 Å². The van der Waals surface area contributed by atoms with Crippen molar-refractivity contribution in [3.8, 4) is 0 Å². The highest BCUT2D eigenvalue weighted by Crippen LogP contribution is 2.18. The first-order valence-corrected chi connectivity index (χ1v) is 6.92. The fourth-order valence-electron chi connectivity index (χ4n) is 2.44. The molecule has 1 heterocycles. The first kappa shape index (κ1) is 14.5. The van der Waals surface area contributed by atoms with Gasteiger partial charge in [-0.2, -0.15) is 0 Å². The first-order valence-electron chi connectivity index (χ1n) is 6.92. The van der Waals surface area contributed by atoms with Crippen LogP contribution in [0.3, 0.4) is 0 Å². The van der Waals surface area contributed by atoms with Crippen LogP contribution in [0, 0.1) is 5.92 Å². The molecule has 17 heavy (non-hydrogen) atoms. The molecule has 1 fully saturated rings. The predicted molar refractivity (Wildman–Crippen MR) is 70.7 cm³/mol. The number of nitrogens with zero attached hydrogens (tertiary/aromatic N) is 1. The zero-order chi connectivity index (χ0) is 12.7. The number of nitrogens with two attached hydrogens (primary N) is 1. The molecular weight excluding hydrogens is 214 g/mol. The lowest BCUT2D eigenvalue weighted by Crippen LogP contribution is -2.53. The minimum Gasteiger partial charge on any atom is -0.337 e. The second kappa shape index (κ2) is 7.67. The van der Waals surface area contributed by atoms with Gasteiger partial charge in [0.05, 0.1) is 0 Å². The summed E-state index contributed by atoms with van der Waals surface area (Å²) in [7, 11) is 0. The Balaban J connectivity index is 2.46. The van der Waals surface area contributed by atoms with Gasteiger partial charge in [-0.25, -0.2) is 0 Å². The molecule has 0 spiro atoms. The van der Waals surface area contributed by atoms with E-state index in [1.54, 1.807) is 0 Å². The van der Waals surface area contributed by atoms with Crippen molar-refractivity contribution in [1.29, 1.82) is 0 Å². The van der Waals surface area contributed by atoms with Crippen molar-refractivity contribution in [2.24, 2.45) is 11.7 Å². The van der Waals surface area contributed by atoms with Crippen molar-refractivity contribution in [1.82, 2.24) is 10.2 Å². The Morgan fingerprint density at radius 2 is 2.29 bits per heavy atom. The quantitative estimate of drug-likeness (QED) is 0.681. The fourth-order valence-corrected chi connectivity index (χ4v) is 2.44. The standard InChI is InChI=1S/C13H27N3O/c1-3-12(6-4-5-7-14)13(17)16-9-8-15-10-11(16)2/h11-12,15H,3-10,14H2,1-2H3/t11-,12-/m1/s1. The van der Waals surface area contributed by atoms with E-state index in [9.17, 15) is 4.79 Å². The van der Waals surface area contributed by atoms with Crippen molar-refractivity contribution in [3.05, 3.63) is 0 Å². The third-order valence-electron chi connectivity index (χ3n) is 3.63. The minimum absolute atomic E-state index is 0.196. The Hall–Kier alpha value is -0.610. The molecule has 3 N–H and O–H groups in total. The van der Waals surface area contributed by atoms with Crippen LogP contribution in [0.25, 0.3) is 0 Å². The number of rotatable bonds is 6. The summed E-state index contributed by atoms with van der Waals surface area (Å²) >= 11 is 0. The topological polar surface area (TPSA) is 58.4 Å². The summed E-state index contributed by atoms with van der Waals surface area (Å²) in [4.78, 5) is 14.4. The summed E-state index contributed by atoms with van der Waals surface area (Å²) in [5.41, 5.74) is 5.49. The van der Waals surface area contributed by atoms with E-state index in [1.165, 1.54) is 0 Å². The van der Waals surface area contributed by atoms with Gasteiger partial charge in [-0.15, -0.1) is 0 Å². The number of carbonyl (C=O) groups is 1. The molecule has 0 aromatic heterocycles. The lowest BCUT2D eigenvalue weighted by atomic mass is 9.96. The van der Waals surface area contributed by atoms with Crippen LogP contribution < -0.4 is 11.1 Å². The molecule has 100 valence electrons. The van der Waals surface area contributed by atoms with Crippen molar-refractivity contribution in [2.45, 2.75) is 45.6 Å². The largest absolute Gasteiger partial charge is 0.337 e. The van der Waals surface area contributed by atoms with Crippen LogP contribution in [-0.4, -0.2) is 43.0 Å². The van der Waals surface area contributed by atoms with Crippen LogP contribution >= 0.6 is 0 Å². The molecule has 1 aliphatic rings. The normalized spacial score (nSPS) is 22.5. The number of carbonyl (C=O) groups excluding carboxylic acids is 1. The number of piperazine rings is 1. The maximum atomic E-state index is 12.4. The number of nitrogens with one attached hydrogen (secondary N) is 1. The van der Waals surface area contributed by atoms with E-state index in [4.69, 9.17) is 5.73 Å². The third-order valence-corrected chi connectivity index (χ3v) is 3.63. The molecule has 0 aliphatic carbocycles. The van der Waals surface area contributed by atoms with Gasteiger partial charge in [0.15, 0.2) is 0 Å². The lowest BCUT2D eigenvalue weighted by molar-refractivity contribution is -0.138. The summed E-state index contributed by atoms with van der Waals surface area (Å²) in [5, 5.41) is 3.32. The first-order chi connectivity index (χ1) is 8.20. The van der Waals surface area contributed by atoms with E-state index >= 15 is 0 Å². The van der Waals surface area contributed by atoms with Gasteiger partial charge < -0.3 is 16.0 Å². The molecule has 0 bridgehead atoms. The molecular formula is C13H27N3O. The predicted octanol–water partition coefficient (Wildman–Crippen LogP) is 0.962. The molecule has 2 atom stereocenters. The van der Waals surface area contributed by atoms with Gasteiger partial charge in [-0.05, 0) is 32.7 Å². The van der Waals surface area contributed by atoms with E-state index in [2.05, 4.69) is 19.2 Å². The number of hydrogen-bond acceptors (Lipinski definition) is 3. The molecule has 4 nitrogen and oxygen atoms in total. The average molecular weight is 241 g/mol. The molecule has 1 amide bonds. The van der Waals surface area contributed by atoms with E-state index in [1.807, 2.05) is 4.90 Å². The van der Waals surface area contributed by atoms with E-state index in [0.29, 0.717) is 11.9 Å². The number of hydrogen-bond donors (Lipinski definition) is 2. The Kier molecular flexibility index (Phi) is 6.52. The number of amides is 1. The molecule has 0 saturated carbocycles. The summed E-state index contributed by atoms with van der Waals surface area (Å²) in [6, 6.07) is 0.333. The Bertz CT molecular complexity index is 233. The van der Waals surface area contributed by atoms with Gasteiger partial charge >= 0.3 is 0 Å². The Morgan fingerprint density at radius 3 is 2.88 bits per heavy atom. The zero-order valence-corrected chi connectivity index (χ0v) is 11.2. The molecule has 0 unspecified atom stereocenters. The molecule has 1 aliphatic heterocycles. The maximum absolute atomic E-state index is 12.4. The van der Waals surface area contributed by atoms with E-state index < -0.39 is 0 Å². The number of unbranched alkanes of at least 4 members (excludes halogenated alkanes) is 1. The van der Waals surface area contributed by atoms with Crippen molar-refractivity contribution >= 4 is 5.91 Å². The molecule has 4 heteroatoms. The van der Waals surface area contributed by atoms with Gasteiger partial charge in [0.25, 0.3) is 0 Å². The van der Waals surface area contributed by atoms with Crippen molar-refractivity contribution in [3.63, 3.8) is 0 Å². The lowest BCUT2D eigenvalue weighted by Gasteiger charge is -2.36.